The van der Waals surface area contributed by atoms with Crippen molar-refractivity contribution in [3.05, 3.63) is 70.5 Å². The number of nitro benzene ring substituents is 1. The van der Waals surface area contributed by atoms with E-state index in [2.05, 4.69) is 4.72 Å². The van der Waals surface area contributed by atoms with Crippen molar-refractivity contribution in [2.45, 2.75) is 4.90 Å². The number of aromatic carboxylic acids is 1. The molecule has 0 bridgehead atoms. The van der Waals surface area contributed by atoms with E-state index in [1.165, 1.54) is 49.6 Å². The van der Waals surface area contributed by atoms with Gasteiger partial charge in [0.2, 0.25) is 5.76 Å². The van der Waals surface area contributed by atoms with E-state index in [0.29, 0.717) is 11.3 Å². The quantitative estimate of drug-likeness (QED) is 0.438. The van der Waals surface area contributed by atoms with Gasteiger partial charge < -0.3 is 14.3 Å². The van der Waals surface area contributed by atoms with Gasteiger partial charge in [0.25, 0.3) is 15.7 Å². The molecule has 1 aromatic heterocycles. The first-order valence-electron chi connectivity index (χ1n) is 8.00. The van der Waals surface area contributed by atoms with Crippen LogP contribution in [0, 0.1) is 10.1 Å². The molecule has 0 saturated heterocycles. The Hall–Kier alpha value is -3.86. The average molecular weight is 418 g/mol. The number of carboxylic acids is 1. The number of hydrogen-bond acceptors (Lipinski definition) is 7. The number of sulfonamides is 1. The maximum Gasteiger partial charge on any atom is 0.371 e. The fourth-order valence-corrected chi connectivity index (χ4v) is 3.83. The maximum atomic E-state index is 12.7. The Kier molecular flexibility index (Phi) is 5.24. The Balaban J connectivity index is 2.02. The third-order valence-corrected chi connectivity index (χ3v) is 5.31. The number of furan rings is 1. The van der Waals surface area contributed by atoms with Gasteiger partial charge in [-0.25, -0.2) is 13.2 Å². The van der Waals surface area contributed by atoms with Gasteiger partial charge in [0.05, 0.1) is 17.6 Å². The van der Waals surface area contributed by atoms with Crippen molar-refractivity contribution in [1.82, 2.24) is 0 Å². The van der Waals surface area contributed by atoms with Crippen molar-refractivity contribution in [2.75, 3.05) is 11.8 Å². The first-order valence-corrected chi connectivity index (χ1v) is 9.49. The average Bonchev–Trinajstić information content (AvgIpc) is 3.18. The first-order chi connectivity index (χ1) is 13.7. The summed E-state index contributed by atoms with van der Waals surface area (Å²) in [6.45, 7) is 0. The van der Waals surface area contributed by atoms with Crippen LogP contribution >= 0.6 is 0 Å². The lowest BCUT2D eigenvalue weighted by atomic mass is 10.1. The molecule has 2 aromatic carbocycles. The second-order valence-corrected chi connectivity index (χ2v) is 7.37. The molecule has 0 fully saturated rings. The van der Waals surface area contributed by atoms with E-state index in [0.717, 1.165) is 12.1 Å². The molecule has 0 aliphatic heterocycles. The molecule has 0 amide bonds. The highest BCUT2D eigenvalue weighted by molar-refractivity contribution is 7.92. The molecule has 3 aromatic rings. The van der Waals surface area contributed by atoms with Gasteiger partial charge in [-0.2, -0.15) is 0 Å². The highest BCUT2D eigenvalue weighted by atomic mass is 32.2. The molecule has 0 saturated carbocycles. The van der Waals surface area contributed by atoms with Gasteiger partial charge in [-0.3, -0.25) is 14.8 Å². The van der Waals surface area contributed by atoms with Crippen molar-refractivity contribution < 1.29 is 32.4 Å². The number of ether oxygens (including phenoxy) is 1. The van der Waals surface area contributed by atoms with Crippen LogP contribution in [0.5, 0.6) is 5.75 Å². The smallest absolute Gasteiger partial charge is 0.371 e. The first kappa shape index (κ1) is 19.9. The number of benzene rings is 2. The minimum Gasteiger partial charge on any atom is -0.496 e. The van der Waals surface area contributed by atoms with Crippen molar-refractivity contribution in [3.63, 3.8) is 0 Å². The van der Waals surface area contributed by atoms with Crippen molar-refractivity contribution >= 4 is 27.4 Å². The molecule has 0 spiro atoms. The predicted octanol–water partition coefficient (Wildman–Crippen LogP) is 3.36. The number of nitrogens with one attached hydrogen (secondary N) is 1. The summed E-state index contributed by atoms with van der Waals surface area (Å²) in [5.74, 6) is -1.10. The van der Waals surface area contributed by atoms with E-state index in [-0.39, 0.29) is 17.2 Å². The number of hydrogen-bond donors (Lipinski definition) is 2. The summed E-state index contributed by atoms with van der Waals surface area (Å²) in [7, 11) is -2.89. The van der Waals surface area contributed by atoms with E-state index >= 15 is 0 Å². The van der Waals surface area contributed by atoms with Gasteiger partial charge in [0.1, 0.15) is 11.5 Å². The molecule has 0 unspecified atom stereocenters. The molecule has 0 atom stereocenters. The number of carboxylic acid groups (broad SMARTS) is 1. The molecule has 11 heteroatoms. The van der Waals surface area contributed by atoms with Crippen molar-refractivity contribution in [3.8, 4) is 17.1 Å². The summed E-state index contributed by atoms with van der Waals surface area (Å²) < 4.78 is 38.1. The Bertz CT molecular complexity index is 1200. The molecule has 29 heavy (non-hydrogen) atoms. The molecular weight excluding hydrogens is 404 g/mol. The zero-order valence-corrected chi connectivity index (χ0v) is 15.7. The molecule has 150 valence electrons. The van der Waals surface area contributed by atoms with Gasteiger partial charge in [0, 0.05) is 11.8 Å². The minimum atomic E-state index is -4.27. The summed E-state index contributed by atoms with van der Waals surface area (Å²) >= 11 is 0. The van der Waals surface area contributed by atoms with Crippen LogP contribution in [0.3, 0.4) is 0 Å². The highest BCUT2D eigenvalue weighted by Gasteiger charge is 2.25. The number of anilines is 1. The van der Waals surface area contributed by atoms with Crippen LogP contribution in [0.2, 0.25) is 0 Å². The van der Waals surface area contributed by atoms with Crippen LogP contribution < -0.4 is 9.46 Å². The van der Waals surface area contributed by atoms with Crippen LogP contribution in [0.4, 0.5) is 11.4 Å². The number of nitrogens with zero attached hydrogens (tertiary/aromatic N) is 1. The number of methoxy groups -OCH3 is 1. The molecular formula is C18H14N2O8S. The summed E-state index contributed by atoms with van der Waals surface area (Å²) in [4.78, 5) is 20.9. The van der Waals surface area contributed by atoms with Gasteiger partial charge in [-0.15, -0.1) is 0 Å². The van der Waals surface area contributed by atoms with Gasteiger partial charge >= 0.3 is 5.97 Å². The number of nitro groups is 1. The molecule has 10 nitrogen and oxygen atoms in total. The van der Waals surface area contributed by atoms with Crippen LogP contribution in [0.25, 0.3) is 11.3 Å². The lowest BCUT2D eigenvalue weighted by Gasteiger charge is -2.12. The van der Waals surface area contributed by atoms with Crippen LogP contribution in [0.1, 0.15) is 10.6 Å². The van der Waals surface area contributed by atoms with Crippen LogP contribution in [-0.2, 0) is 10.0 Å². The zero-order valence-electron chi connectivity index (χ0n) is 14.9. The Labute approximate surface area is 164 Å². The lowest BCUT2D eigenvalue weighted by molar-refractivity contribution is -0.387. The van der Waals surface area contributed by atoms with Crippen molar-refractivity contribution in [1.29, 1.82) is 0 Å². The van der Waals surface area contributed by atoms with E-state index < -0.39 is 31.5 Å². The minimum absolute atomic E-state index is 0.0761. The second kappa shape index (κ2) is 7.64. The fourth-order valence-electron chi connectivity index (χ4n) is 2.61. The largest absolute Gasteiger partial charge is 0.496 e. The molecule has 0 radical (unpaired) electrons. The SMILES string of the molecule is COc1ccc(NS(=O)(=O)c2ccccc2[N+](=O)[O-])cc1-c1ccc(C(=O)O)o1. The summed E-state index contributed by atoms with van der Waals surface area (Å²) in [6.07, 6.45) is 0. The molecule has 2 N–H and O–H groups in total. The van der Waals surface area contributed by atoms with Crippen LogP contribution in [-0.4, -0.2) is 31.5 Å². The van der Waals surface area contributed by atoms with E-state index in [1.807, 2.05) is 0 Å². The molecule has 0 aliphatic carbocycles. The Morgan fingerprint density at radius 1 is 1.17 bits per heavy atom. The van der Waals surface area contributed by atoms with Crippen LogP contribution in [0.15, 0.2) is 63.9 Å². The summed E-state index contributed by atoms with van der Waals surface area (Å²) in [5, 5.41) is 20.1. The standard InChI is InChI=1S/C18H14N2O8S/c1-27-14-7-6-11(10-12(14)15-8-9-16(28-15)18(21)22)19-29(25,26)17-5-3-2-4-13(17)20(23)24/h2-10,19H,1H3,(H,21,22). The molecule has 0 aliphatic rings. The number of para-hydroxylation sites is 1. The van der Waals surface area contributed by atoms with Gasteiger partial charge in [0.15, 0.2) is 4.90 Å². The normalized spacial score (nSPS) is 11.1. The molecule has 1 heterocycles. The second-order valence-electron chi connectivity index (χ2n) is 5.71. The maximum absolute atomic E-state index is 12.7. The topological polar surface area (TPSA) is 149 Å². The Morgan fingerprint density at radius 3 is 2.52 bits per heavy atom. The van der Waals surface area contributed by atoms with E-state index in [4.69, 9.17) is 14.3 Å². The van der Waals surface area contributed by atoms with Gasteiger partial charge in [-0.1, -0.05) is 12.1 Å². The lowest BCUT2D eigenvalue weighted by Crippen LogP contribution is -2.14. The number of rotatable bonds is 7. The van der Waals surface area contributed by atoms with Crippen molar-refractivity contribution in [2.24, 2.45) is 0 Å². The van der Waals surface area contributed by atoms with Gasteiger partial charge in [-0.05, 0) is 36.4 Å². The van der Waals surface area contributed by atoms with E-state index in [9.17, 15) is 23.3 Å². The monoisotopic (exact) mass is 418 g/mol. The summed E-state index contributed by atoms with van der Waals surface area (Å²) in [6, 6.07) is 11.8. The molecule has 3 rings (SSSR count). The number of carbonyl (C=O) groups is 1. The third kappa shape index (κ3) is 4.04. The third-order valence-electron chi connectivity index (χ3n) is 3.89. The summed E-state index contributed by atoms with van der Waals surface area (Å²) in [5.41, 5.74) is -0.194. The predicted molar refractivity (Wildman–Crippen MR) is 102 cm³/mol. The van der Waals surface area contributed by atoms with E-state index in [1.54, 1.807) is 0 Å². The fraction of sp³-hybridized carbons (Fsp3) is 0.0556. The highest BCUT2D eigenvalue weighted by Crippen LogP contribution is 2.35. The zero-order chi connectivity index (χ0) is 21.2. The Morgan fingerprint density at radius 2 is 1.90 bits per heavy atom.